The molecule has 0 aliphatic rings. The van der Waals surface area contributed by atoms with Gasteiger partial charge in [-0.05, 0) is 18.2 Å². The Morgan fingerprint density at radius 3 is 2.61 bits per heavy atom. The first-order valence-corrected chi connectivity index (χ1v) is 5.07. The number of nitrogens with zero attached hydrogens (tertiary/aromatic N) is 2. The fourth-order valence-electron chi connectivity index (χ4n) is 1.22. The van der Waals surface area contributed by atoms with Crippen molar-refractivity contribution in [2.24, 2.45) is 21.7 Å². The molecule has 0 bridgehead atoms. The van der Waals surface area contributed by atoms with Crippen molar-refractivity contribution in [3.05, 3.63) is 29.6 Å². The summed E-state index contributed by atoms with van der Waals surface area (Å²) in [6.45, 7) is 0.684. The number of hydrogen-bond donors (Lipinski definition) is 2. The summed E-state index contributed by atoms with van der Waals surface area (Å²) in [7, 11) is 0. The maximum absolute atomic E-state index is 13.2. The SMILES string of the molecule is CC(F)(F)c1cc(N=CC(CN)=NN)ccc1F. The number of rotatable bonds is 4. The molecule has 1 rings (SSSR count). The van der Waals surface area contributed by atoms with Crippen LogP contribution < -0.4 is 11.6 Å². The summed E-state index contributed by atoms with van der Waals surface area (Å²) in [6, 6.07) is 3.17. The lowest BCUT2D eigenvalue weighted by Crippen LogP contribution is -2.16. The van der Waals surface area contributed by atoms with Crippen molar-refractivity contribution in [2.45, 2.75) is 12.8 Å². The molecular weight excluding hydrogens is 245 g/mol. The van der Waals surface area contributed by atoms with E-state index in [1.165, 1.54) is 12.3 Å². The zero-order chi connectivity index (χ0) is 13.8. The Morgan fingerprint density at radius 1 is 1.44 bits per heavy atom. The van der Waals surface area contributed by atoms with Gasteiger partial charge in [0.15, 0.2) is 0 Å². The van der Waals surface area contributed by atoms with Gasteiger partial charge in [0.25, 0.3) is 5.92 Å². The van der Waals surface area contributed by atoms with Crippen LogP contribution in [0, 0.1) is 5.82 Å². The molecule has 7 heteroatoms. The van der Waals surface area contributed by atoms with Crippen LogP contribution in [0.4, 0.5) is 18.9 Å². The van der Waals surface area contributed by atoms with Crippen LogP contribution in [0.5, 0.6) is 0 Å². The fourth-order valence-corrected chi connectivity index (χ4v) is 1.22. The molecule has 0 spiro atoms. The van der Waals surface area contributed by atoms with Gasteiger partial charge < -0.3 is 11.6 Å². The molecule has 0 aliphatic carbocycles. The molecule has 0 heterocycles. The third-order valence-corrected chi connectivity index (χ3v) is 2.16. The highest BCUT2D eigenvalue weighted by molar-refractivity contribution is 6.31. The summed E-state index contributed by atoms with van der Waals surface area (Å²) >= 11 is 0. The first kappa shape index (κ1) is 14.2. The molecule has 18 heavy (non-hydrogen) atoms. The number of aliphatic imine (C=N–C) groups is 1. The third kappa shape index (κ3) is 3.56. The molecule has 0 saturated heterocycles. The minimum atomic E-state index is -3.27. The number of nitrogens with two attached hydrogens (primary N) is 2. The average Bonchev–Trinajstić information content (AvgIpc) is 2.31. The van der Waals surface area contributed by atoms with Crippen LogP contribution in [0.1, 0.15) is 12.5 Å². The molecule has 98 valence electrons. The lowest BCUT2D eigenvalue weighted by molar-refractivity contribution is 0.0138. The standard InChI is InChI=1S/C11H13F3N4/c1-11(13,14)9-4-7(2-3-10(9)12)17-6-8(5-15)18-16/h2-4,6H,5,15-16H2,1H3. The van der Waals surface area contributed by atoms with E-state index in [0.717, 1.165) is 12.1 Å². The van der Waals surface area contributed by atoms with Crippen LogP contribution in [0.25, 0.3) is 0 Å². The van der Waals surface area contributed by atoms with Crippen molar-refractivity contribution in [3.8, 4) is 0 Å². The average molecular weight is 258 g/mol. The summed E-state index contributed by atoms with van der Waals surface area (Å²) in [5, 5.41) is 3.33. The van der Waals surface area contributed by atoms with Crippen molar-refractivity contribution >= 4 is 17.6 Å². The fraction of sp³-hybridized carbons (Fsp3) is 0.273. The smallest absolute Gasteiger partial charge is 0.273 e. The molecule has 0 amide bonds. The summed E-state index contributed by atoms with van der Waals surface area (Å²) in [6.07, 6.45) is 1.24. The number of alkyl halides is 2. The van der Waals surface area contributed by atoms with Crippen LogP contribution in [-0.4, -0.2) is 18.5 Å². The topological polar surface area (TPSA) is 76.8 Å². The Hall–Kier alpha value is -1.89. The minimum absolute atomic E-state index is 0.0674. The second kappa shape index (κ2) is 5.63. The van der Waals surface area contributed by atoms with Gasteiger partial charge >= 0.3 is 0 Å². The van der Waals surface area contributed by atoms with Crippen molar-refractivity contribution in [1.82, 2.24) is 0 Å². The van der Waals surface area contributed by atoms with Gasteiger partial charge in [0.2, 0.25) is 0 Å². The van der Waals surface area contributed by atoms with E-state index in [9.17, 15) is 13.2 Å². The monoisotopic (exact) mass is 258 g/mol. The maximum Gasteiger partial charge on any atom is 0.273 e. The van der Waals surface area contributed by atoms with Gasteiger partial charge in [-0.25, -0.2) is 13.2 Å². The van der Waals surface area contributed by atoms with Gasteiger partial charge in [0, 0.05) is 13.5 Å². The zero-order valence-electron chi connectivity index (χ0n) is 9.70. The molecule has 4 nitrogen and oxygen atoms in total. The minimum Gasteiger partial charge on any atom is -0.325 e. The third-order valence-electron chi connectivity index (χ3n) is 2.16. The zero-order valence-corrected chi connectivity index (χ0v) is 9.70. The van der Waals surface area contributed by atoms with E-state index >= 15 is 0 Å². The van der Waals surface area contributed by atoms with Gasteiger partial charge in [-0.3, -0.25) is 4.99 Å². The predicted molar refractivity (Wildman–Crippen MR) is 64.8 cm³/mol. The van der Waals surface area contributed by atoms with Gasteiger partial charge in [0.1, 0.15) is 5.82 Å². The Balaban J connectivity index is 3.07. The van der Waals surface area contributed by atoms with Crippen LogP contribution in [0.2, 0.25) is 0 Å². The Morgan fingerprint density at radius 2 is 2.11 bits per heavy atom. The van der Waals surface area contributed by atoms with E-state index in [1.54, 1.807) is 0 Å². The van der Waals surface area contributed by atoms with Crippen LogP contribution in [0.15, 0.2) is 28.3 Å². The number of halogens is 3. The molecule has 1 aromatic carbocycles. The van der Waals surface area contributed by atoms with Gasteiger partial charge in [-0.1, -0.05) is 0 Å². The van der Waals surface area contributed by atoms with E-state index in [-0.39, 0.29) is 12.2 Å². The molecular formula is C11H13F3N4. The largest absolute Gasteiger partial charge is 0.325 e. The van der Waals surface area contributed by atoms with Crippen molar-refractivity contribution in [3.63, 3.8) is 0 Å². The summed E-state index contributed by atoms with van der Waals surface area (Å²) < 4.78 is 39.3. The van der Waals surface area contributed by atoms with E-state index in [4.69, 9.17) is 11.6 Å². The van der Waals surface area contributed by atoms with Gasteiger partial charge in [0.05, 0.1) is 23.2 Å². The van der Waals surface area contributed by atoms with E-state index in [0.29, 0.717) is 12.6 Å². The lowest BCUT2D eigenvalue weighted by Gasteiger charge is -2.11. The van der Waals surface area contributed by atoms with Crippen LogP contribution in [0.3, 0.4) is 0 Å². The van der Waals surface area contributed by atoms with E-state index < -0.39 is 17.3 Å². The van der Waals surface area contributed by atoms with Crippen LogP contribution >= 0.6 is 0 Å². The molecule has 0 radical (unpaired) electrons. The highest BCUT2D eigenvalue weighted by atomic mass is 19.3. The van der Waals surface area contributed by atoms with Crippen LogP contribution in [-0.2, 0) is 5.92 Å². The van der Waals surface area contributed by atoms with E-state index in [1.807, 2.05) is 0 Å². The number of hydrazone groups is 1. The summed E-state index contributed by atoms with van der Waals surface area (Å²) in [4.78, 5) is 3.85. The molecule has 1 aromatic rings. The highest BCUT2D eigenvalue weighted by Gasteiger charge is 2.28. The normalized spacial score (nSPS) is 13.3. The molecule has 0 saturated carbocycles. The van der Waals surface area contributed by atoms with Crippen molar-refractivity contribution in [1.29, 1.82) is 0 Å². The molecule has 0 aliphatic heterocycles. The lowest BCUT2D eigenvalue weighted by atomic mass is 10.1. The second-order valence-corrected chi connectivity index (χ2v) is 3.64. The summed E-state index contributed by atoms with van der Waals surface area (Å²) in [5.74, 6) is 0.759. The Kier molecular flexibility index (Phi) is 4.43. The Labute approximate surface area is 102 Å². The molecule has 0 unspecified atom stereocenters. The van der Waals surface area contributed by atoms with Crippen molar-refractivity contribution in [2.75, 3.05) is 6.54 Å². The van der Waals surface area contributed by atoms with Gasteiger partial charge in [-0.15, -0.1) is 0 Å². The molecule has 0 fully saturated rings. The second-order valence-electron chi connectivity index (χ2n) is 3.64. The van der Waals surface area contributed by atoms with Gasteiger partial charge in [-0.2, -0.15) is 5.10 Å². The van der Waals surface area contributed by atoms with Crippen molar-refractivity contribution < 1.29 is 13.2 Å². The number of hydrogen-bond acceptors (Lipinski definition) is 4. The highest BCUT2D eigenvalue weighted by Crippen LogP contribution is 2.31. The maximum atomic E-state index is 13.2. The quantitative estimate of drug-likeness (QED) is 0.491. The molecule has 4 N–H and O–H groups in total. The molecule has 0 aromatic heterocycles. The molecule has 0 atom stereocenters. The number of benzene rings is 1. The first-order valence-electron chi connectivity index (χ1n) is 5.07. The van der Waals surface area contributed by atoms with E-state index in [2.05, 4.69) is 10.1 Å². The summed E-state index contributed by atoms with van der Waals surface area (Å²) in [5.41, 5.74) is 5.04. The first-order chi connectivity index (χ1) is 8.38. The predicted octanol–water partition coefficient (Wildman–Crippen LogP) is 1.91. The Bertz CT molecular complexity index is 478.